The standard InChI is InChI=1S/C5H7Cl2N/c1-5(2-6,3-7)4-8/h2-3H2,1H3. The van der Waals surface area contributed by atoms with Gasteiger partial charge in [0.25, 0.3) is 0 Å². The van der Waals surface area contributed by atoms with E-state index in [0.29, 0.717) is 11.8 Å². The van der Waals surface area contributed by atoms with Crippen LogP contribution in [0.2, 0.25) is 0 Å². The van der Waals surface area contributed by atoms with Crippen molar-refractivity contribution in [1.29, 1.82) is 5.26 Å². The van der Waals surface area contributed by atoms with Crippen LogP contribution in [-0.2, 0) is 0 Å². The molecule has 3 heteroatoms. The fraction of sp³-hybridized carbons (Fsp3) is 0.800. The zero-order valence-corrected chi connectivity index (χ0v) is 6.13. The largest absolute Gasteiger partial charge is 0.198 e. The van der Waals surface area contributed by atoms with Crippen molar-refractivity contribution in [2.75, 3.05) is 11.8 Å². The Morgan fingerprint density at radius 1 is 1.50 bits per heavy atom. The van der Waals surface area contributed by atoms with E-state index in [2.05, 4.69) is 0 Å². The lowest BCUT2D eigenvalue weighted by Gasteiger charge is -2.11. The van der Waals surface area contributed by atoms with Gasteiger partial charge in [-0.1, -0.05) is 0 Å². The summed E-state index contributed by atoms with van der Waals surface area (Å²) < 4.78 is 0. The van der Waals surface area contributed by atoms with Crippen LogP contribution in [0.15, 0.2) is 0 Å². The fourth-order valence-electron chi connectivity index (χ4n) is 0.0955. The van der Waals surface area contributed by atoms with Crippen LogP contribution in [0, 0.1) is 16.7 Å². The van der Waals surface area contributed by atoms with Gasteiger partial charge in [0.05, 0.1) is 11.5 Å². The lowest BCUT2D eigenvalue weighted by atomic mass is 9.99. The SMILES string of the molecule is CC(C#N)(CCl)CCl. The van der Waals surface area contributed by atoms with E-state index in [0.717, 1.165) is 0 Å². The van der Waals surface area contributed by atoms with Crippen molar-refractivity contribution in [3.8, 4) is 6.07 Å². The Labute approximate surface area is 59.2 Å². The molecule has 0 spiro atoms. The molecule has 0 aliphatic rings. The minimum absolute atomic E-state index is 0.299. The van der Waals surface area contributed by atoms with E-state index in [9.17, 15) is 0 Å². The maximum Gasteiger partial charge on any atom is 0.0815 e. The monoisotopic (exact) mass is 151 g/mol. The molecule has 0 aliphatic carbocycles. The van der Waals surface area contributed by atoms with Gasteiger partial charge in [-0.15, -0.1) is 23.2 Å². The average Bonchev–Trinajstić information content (AvgIpc) is 1.87. The van der Waals surface area contributed by atoms with Crippen LogP contribution in [0.1, 0.15) is 6.92 Å². The summed E-state index contributed by atoms with van der Waals surface area (Å²) in [7, 11) is 0. The highest BCUT2D eigenvalue weighted by Gasteiger charge is 2.20. The second-order valence-corrected chi connectivity index (χ2v) is 2.47. The molecule has 0 rings (SSSR count). The van der Waals surface area contributed by atoms with Crippen LogP contribution in [0.3, 0.4) is 0 Å². The molecule has 0 heterocycles. The third-order valence-electron chi connectivity index (χ3n) is 0.860. The average molecular weight is 152 g/mol. The first-order valence-corrected chi connectivity index (χ1v) is 3.28. The molecular formula is C5H7Cl2N. The molecule has 1 nitrogen and oxygen atoms in total. The van der Waals surface area contributed by atoms with Gasteiger partial charge in [0.1, 0.15) is 0 Å². The second kappa shape index (κ2) is 3.17. The summed E-state index contributed by atoms with van der Waals surface area (Å²) in [6.07, 6.45) is 0. The Morgan fingerprint density at radius 3 is 1.88 bits per heavy atom. The van der Waals surface area contributed by atoms with Crippen LogP contribution >= 0.6 is 23.2 Å². The van der Waals surface area contributed by atoms with Gasteiger partial charge in [-0.05, 0) is 6.92 Å². The first-order chi connectivity index (χ1) is 3.68. The van der Waals surface area contributed by atoms with Crippen molar-refractivity contribution in [1.82, 2.24) is 0 Å². The fourth-order valence-corrected chi connectivity index (χ4v) is 0.501. The highest BCUT2D eigenvalue weighted by Crippen LogP contribution is 2.17. The number of nitrogens with zero attached hydrogens (tertiary/aromatic N) is 1. The summed E-state index contributed by atoms with van der Waals surface area (Å²) in [6, 6.07) is 2.01. The van der Waals surface area contributed by atoms with Gasteiger partial charge in [0.2, 0.25) is 0 Å². The number of halogens is 2. The van der Waals surface area contributed by atoms with Crippen LogP contribution in [0.4, 0.5) is 0 Å². The lowest BCUT2D eigenvalue weighted by molar-refractivity contribution is 0.578. The molecule has 8 heavy (non-hydrogen) atoms. The van der Waals surface area contributed by atoms with Gasteiger partial charge in [-0.25, -0.2) is 0 Å². The minimum Gasteiger partial charge on any atom is -0.198 e. The quantitative estimate of drug-likeness (QED) is 0.555. The van der Waals surface area contributed by atoms with Crippen molar-refractivity contribution >= 4 is 23.2 Å². The second-order valence-electron chi connectivity index (χ2n) is 1.94. The van der Waals surface area contributed by atoms with Gasteiger partial charge >= 0.3 is 0 Å². The molecule has 0 fully saturated rings. The molecule has 46 valence electrons. The normalized spacial score (nSPS) is 10.8. The lowest BCUT2D eigenvalue weighted by Crippen LogP contribution is -2.17. The van der Waals surface area contributed by atoms with E-state index < -0.39 is 5.41 Å². The van der Waals surface area contributed by atoms with Crippen LogP contribution in [0.5, 0.6) is 0 Å². The topological polar surface area (TPSA) is 23.8 Å². The molecule has 0 saturated carbocycles. The highest BCUT2D eigenvalue weighted by molar-refractivity contribution is 6.21. The van der Waals surface area contributed by atoms with Crippen molar-refractivity contribution < 1.29 is 0 Å². The van der Waals surface area contributed by atoms with E-state index in [1.54, 1.807) is 6.92 Å². The third kappa shape index (κ3) is 1.90. The number of nitriles is 1. The molecule has 0 aromatic carbocycles. The third-order valence-corrected chi connectivity index (χ3v) is 2.04. The first-order valence-electron chi connectivity index (χ1n) is 2.22. The zero-order valence-electron chi connectivity index (χ0n) is 4.62. The molecule has 0 aromatic heterocycles. The summed E-state index contributed by atoms with van der Waals surface area (Å²) in [6.45, 7) is 1.73. The zero-order chi connectivity index (χ0) is 6.62. The van der Waals surface area contributed by atoms with E-state index >= 15 is 0 Å². The number of hydrogen-bond donors (Lipinski definition) is 0. The number of rotatable bonds is 2. The van der Waals surface area contributed by atoms with Crippen LogP contribution in [0.25, 0.3) is 0 Å². The molecule has 0 radical (unpaired) electrons. The maximum absolute atomic E-state index is 8.37. The van der Waals surface area contributed by atoms with E-state index in [1.807, 2.05) is 6.07 Å². The summed E-state index contributed by atoms with van der Waals surface area (Å²) in [5, 5.41) is 8.37. The summed E-state index contributed by atoms with van der Waals surface area (Å²) in [5.74, 6) is 0.597. The van der Waals surface area contributed by atoms with Gasteiger partial charge in [0.15, 0.2) is 0 Å². The molecule has 0 bridgehead atoms. The van der Waals surface area contributed by atoms with Crippen molar-refractivity contribution in [2.45, 2.75) is 6.92 Å². The molecule has 0 saturated heterocycles. The van der Waals surface area contributed by atoms with Crippen LogP contribution in [-0.4, -0.2) is 11.8 Å². The Morgan fingerprint density at radius 2 is 1.88 bits per heavy atom. The van der Waals surface area contributed by atoms with Crippen molar-refractivity contribution in [3.05, 3.63) is 0 Å². The smallest absolute Gasteiger partial charge is 0.0815 e. The molecule has 0 aliphatic heterocycles. The van der Waals surface area contributed by atoms with Crippen molar-refractivity contribution in [3.63, 3.8) is 0 Å². The predicted molar refractivity (Wildman–Crippen MR) is 35.2 cm³/mol. The number of alkyl halides is 2. The molecule has 0 amide bonds. The van der Waals surface area contributed by atoms with Gasteiger partial charge in [0, 0.05) is 11.8 Å². The number of hydrogen-bond acceptors (Lipinski definition) is 1. The predicted octanol–water partition coefficient (Wildman–Crippen LogP) is 1.99. The summed E-state index contributed by atoms with van der Waals surface area (Å²) in [5.41, 5.74) is -0.539. The Kier molecular flexibility index (Phi) is 3.19. The summed E-state index contributed by atoms with van der Waals surface area (Å²) in [4.78, 5) is 0. The van der Waals surface area contributed by atoms with E-state index in [1.165, 1.54) is 0 Å². The Hall–Kier alpha value is 0.0700. The highest BCUT2D eigenvalue weighted by atomic mass is 35.5. The Bertz CT molecular complexity index is 101. The van der Waals surface area contributed by atoms with Gasteiger partial charge < -0.3 is 0 Å². The minimum atomic E-state index is -0.539. The molecule has 0 aromatic rings. The van der Waals surface area contributed by atoms with E-state index in [4.69, 9.17) is 28.5 Å². The first kappa shape index (κ1) is 8.07. The van der Waals surface area contributed by atoms with Gasteiger partial charge in [-0.3, -0.25) is 0 Å². The Balaban J connectivity index is 3.83. The van der Waals surface area contributed by atoms with Gasteiger partial charge in [-0.2, -0.15) is 5.26 Å². The molecule has 0 unspecified atom stereocenters. The summed E-state index contributed by atoms with van der Waals surface area (Å²) >= 11 is 10.8. The molecular weight excluding hydrogens is 145 g/mol. The maximum atomic E-state index is 8.37. The molecule has 0 atom stereocenters. The molecule has 0 N–H and O–H groups in total. The van der Waals surface area contributed by atoms with Crippen molar-refractivity contribution in [2.24, 2.45) is 5.41 Å². The van der Waals surface area contributed by atoms with E-state index in [-0.39, 0.29) is 0 Å². The van der Waals surface area contributed by atoms with Crippen LogP contribution < -0.4 is 0 Å².